The van der Waals surface area contributed by atoms with Crippen LogP contribution < -0.4 is 5.32 Å². The average molecular weight is 371 g/mol. The second kappa shape index (κ2) is 7.65. The molecule has 0 bridgehead atoms. The number of hydrogen-bond donors (Lipinski definition) is 1. The zero-order valence-electron chi connectivity index (χ0n) is 16.0. The van der Waals surface area contributed by atoms with Crippen LogP contribution in [-0.2, 0) is 0 Å². The van der Waals surface area contributed by atoms with Gasteiger partial charge in [-0.15, -0.1) is 0 Å². The Morgan fingerprint density at radius 2 is 1.14 bits per heavy atom. The first-order valence-electron chi connectivity index (χ1n) is 9.88. The Hall–Kier alpha value is -3.84. The van der Waals surface area contributed by atoms with Crippen molar-refractivity contribution in [3.8, 4) is 22.3 Å². The molecule has 1 heteroatoms. The summed E-state index contributed by atoms with van der Waals surface area (Å²) < 4.78 is 0. The van der Waals surface area contributed by atoms with Crippen LogP contribution in [0, 0.1) is 0 Å². The fraction of sp³-hybridized carbons (Fsp3) is 0. The molecule has 0 unspecified atom stereocenters. The van der Waals surface area contributed by atoms with Crippen LogP contribution in [0.25, 0.3) is 33.0 Å². The minimum atomic E-state index is 1.09. The van der Waals surface area contributed by atoms with Crippen molar-refractivity contribution in [1.29, 1.82) is 0 Å². The molecule has 0 atom stereocenters. The minimum Gasteiger partial charge on any atom is -0.355 e. The summed E-state index contributed by atoms with van der Waals surface area (Å²) in [5.74, 6) is 0. The van der Waals surface area contributed by atoms with Gasteiger partial charge in [0, 0.05) is 16.9 Å². The number of nitrogens with one attached hydrogen (secondary N) is 1. The quantitative estimate of drug-likeness (QED) is 0.338. The standard InChI is InChI=1S/C28H21N/c1-3-10-22(11-4-1)27-20-23(18-19-28(27)29-24-14-5-2-6-15-24)26-17-9-13-21-12-7-8-16-25(21)26/h1-20,29H. The topological polar surface area (TPSA) is 12.0 Å². The number of rotatable bonds is 4. The summed E-state index contributed by atoms with van der Waals surface area (Å²) in [6.07, 6.45) is 0. The van der Waals surface area contributed by atoms with Gasteiger partial charge in [-0.05, 0) is 51.7 Å². The maximum atomic E-state index is 3.59. The SMILES string of the molecule is c1ccc(Nc2ccc(-c3cccc4ccccc34)cc2-c2ccccc2)cc1. The van der Waals surface area contributed by atoms with Crippen LogP contribution in [-0.4, -0.2) is 0 Å². The maximum Gasteiger partial charge on any atom is 0.0464 e. The smallest absolute Gasteiger partial charge is 0.0464 e. The molecule has 5 aromatic carbocycles. The van der Waals surface area contributed by atoms with Crippen LogP contribution in [0.1, 0.15) is 0 Å². The van der Waals surface area contributed by atoms with Gasteiger partial charge in [0.2, 0.25) is 0 Å². The van der Waals surface area contributed by atoms with Gasteiger partial charge in [0.25, 0.3) is 0 Å². The molecule has 29 heavy (non-hydrogen) atoms. The zero-order valence-corrected chi connectivity index (χ0v) is 16.0. The third kappa shape index (κ3) is 3.51. The second-order valence-electron chi connectivity index (χ2n) is 7.14. The molecule has 0 aliphatic carbocycles. The highest BCUT2D eigenvalue weighted by molar-refractivity contribution is 5.98. The van der Waals surface area contributed by atoms with Crippen LogP contribution in [0.3, 0.4) is 0 Å². The van der Waals surface area contributed by atoms with Gasteiger partial charge >= 0.3 is 0 Å². The van der Waals surface area contributed by atoms with E-state index >= 15 is 0 Å². The Balaban J connectivity index is 1.67. The molecule has 0 aliphatic rings. The molecule has 5 rings (SSSR count). The van der Waals surface area contributed by atoms with Crippen molar-refractivity contribution >= 4 is 22.1 Å². The van der Waals surface area contributed by atoms with E-state index < -0.39 is 0 Å². The van der Waals surface area contributed by atoms with Crippen molar-refractivity contribution in [2.75, 3.05) is 5.32 Å². The highest BCUT2D eigenvalue weighted by Crippen LogP contribution is 2.36. The van der Waals surface area contributed by atoms with Crippen LogP contribution in [0.4, 0.5) is 11.4 Å². The molecular weight excluding hydrogens is 350 g/mol. The molecule has 0 aliphatic heterocycles. The van der Waals surface area contributed by atoms with E-state index in [1.165, 1.54) is 33.0 Å². The van der Waals surface area contributed by atoms with E-state index in [1.807, 2.05) is 6.07 Å². The van der Waals surface area contributed by atoms with Gasteiger partial charge in [0.1, 0.15) is 0 Å². The van der Waals surface area contributed by atoms with E-state index in [9.17, 15) is 0 Å². The molecule has 1 nitrogen and oxygen atoms in total. The third-order valence-electron chi connectivity index (χ3n) is 5.26. The highest BCUT2D eigenvalue weighted by atomic mass is 14.9. The van der Waals surface area contributed by atoms with E-state index in [-0.39, 0.29) is 0 Å². The fourth-order valence-electron chi connectivity index (χ4n) is 3.83. The monoisotopic (exact) mass is 371 g/mol. The second-order valence-corrected chi connectivity index (χ2v) is 7.14. The highest BCUT2D eigenvalue weighted by Gasteiger charge is 2.10. The Kier molecular flexibility index (Phi) is 4.56. The summed E-state index contributed by atoms with van der Waals surface area (Å²) in [7, 11) is 0. The molecule has 138 valence electrons. The number of benzene rings is 5. The first-order valence-corrected chi connectivity index (χ1v) is 9.88. The van der Waals surface area contributed by atoms with Crippen molar-refractivity contribution in [3.05, 3.63) is 121 Å². The summed E-state index contributed by atoms with van der Waals surface area (Å²) in [6, 6.07) is 42.6. The van der Waals surface area contributed by atoms with E-state index in [1.54, 1.807) is 0 Å². The van der Waals surface area contributed by atoms with Gasteiger partial charge in [-0.3, -0.25) is 0 Å². The molecule has 0 saturated heterocycles. The average Bonchev–Trinajstić information content (AvgIpc) is 2.80. The molecular formula is C28H21N. The molecule has 0 spiro atoms. The van der Waals surface area contributed by atoms with Gasteiger partial charge < -0.3 is 5.32 Å². The van der Waals surface area contributed by atoms with Crippen LogP contribution >= 0.6 is 0 Å². The van der Waals surface area contributed by atoms with Crippen molar-refractivity contribution < 1.29 is 0 Å². The third-order valence-corrected chi connectivity index (χ3v) is 5.26. The molecule has 0 heterocycles. The Morgan fingerprint density at radius 3 is 1.97 bits per heavy atom. The Labute approximate surface area is 171 Å². The normalized spacial score (nSPS) is 10.8. The van der Waals surface area contributed by atoms with Crippen molar-refractivity contribution in [2.24, 2.45) is 0 Å². The molecule has 0 fully saturated rings. The number of hydrogen-bond acceptors (Lipinski definition) is 1. The summed E-state index contributed by atoms with van der Waals surface area (Å²) in [5.41, 5.74) is 7.06. The van der Waals surface area contributed by atoms with Crippen LogP contribution in [0.2, 0.25) is 0 Å². The van der Waals surface area contributed by atoms with Crippen molar-refractivity contribution in [1.82, 2.24) is 0 Å². The maximum absolute atomic E-state index is 3.59. The summed E-state index contributed by atoms with van der Waals surface area (Å²) >= 11 is 0. The molecule has 5 aromatic rings. The van der Waals surface area contributed by atoms with Gasteiger partial charge in [-0.1, -0.05) is 97.1 Å². The van der Waals surface area contributed by atoms with Gasteiger partial charge in [0.05, 0.1) is 0 Å². The van der Waals surface area contributed by atoms with E-state index in [4.69, 9.17) is 0 Å². The number of para-hydroxylation sites is 1. The molecule has 0 radical (unpaired) electrons. The molecule has 0 saturated carbocycles. The van der Waals surface area contributed by atoms with E-state index in [0.717, 1.165) is 11.4 Å². The van der Waals surface area contributed by atoms with Gasteiger partial charge in [-0.2, -0.15) is 0 Å². The van der Waals surface area contributed by atoms with Gasteiger partial charge in [-0.25, -0.2) is 0 Å². The predicted molar refractivity (Wildman–Crippen MR) is 125 cm³/mol. The summed E-state index contributed by atoms with van der Waals surface area (Å²) in [4.78, 5) is 0. The lowest BCUT2D eigenvalue weighted by atomic mass is 9.94. The van der Waals surface area contributed by atoms with Crippen LogP contribution in [0.5, 0.6) is 0 Å². The minimum absolute atomic E-state index is 1.09. The van der Waals surface area contributed by atoms with E-state index in [2.05, 4.69) is 121 Å². The first-order chi connectivity index (χ1) is 14.4. The summed E-state index contributed by atoms with van der Waals surface area (Å²) in [6.45, 7) is 0. The summed E-state index contributed by atoms with van der Waals surface area (Å²) in [5, 5.41) is 6.12. The lowest BCUT2D eigenvalue weighted by Gasteiger charge is -2.15. The van der Waals surface area contributed by atoms with E-state index in [0.29, 0.717) is 0 Å². The van der Waals surface area contributed by atoms with Gasteiger partial charge in [0.15, 0.2) is 0 Å². The first kappa shape index (κ1) is 17.3. The molecule has 0 amide bonds. The predicted octanol–water partition coefficient (Wildman–Crippen LogP) is 7.92. The Bertz CT molecular complexity index is 1250. The lowest BCUT2D eigenvalue weighted by molar-refractivity contribution is 1.53. The molecule has 0 aromatic heterocycles. The zero-order chi connectivity index (χ0) is 19.5. The number of anilines is 2. The van der Waals surface area contributed by atoms with Crippen molar-refractivity contribution in [2.45, 2.75) is 0 Å². The molecule has 1 N–H and O–H groups in total. The van der Waals surface area contributed by atoms with Crippen molar-refractivity contribution in [3.63, 3.8) is 0 Å². The lowest BCUT2D eigenvalue weighted by Crippen LogP contribution is -1.94. The fourth-order valence-corrected chi connectivity index (χ4v) is 3.83. The Morgan fingerprint density at radius 1 is 0.448 bits per heavy atom. The van der Waals surface area contributed by atoms with Crippen LogP contribution in [0.15, 0.2) is 121 Å². The largest absolute Gasteiger partial charge is 0.355 e. The number of fused-ring (bicyclic) bond motifs is 1.